The minimum Gasteiger partial charge on any atom is -0.452 e. The van der Waals surface area contributed by atoms with Crippen molar-refractivity contribution >= 4 is 23.5 Å². The van der Waals surface area contributed by atoms with E-state index in [0.717, 1.165) is 0 Å². The maximum absolute atomic E-state index is 13.2. The van der Waals surface area contributed by atoms with E-state index in [1.807, 2.05) is 34.6 Å². The summed E-state index contributed by atoms with van der Waals surface area (Å²) in [4.78, 5) is 23.8. The van der Waals surface area contributed by atoms with Gasteiger partial charge in [-0.05, 0) is 37.8 Å². The summed E-state index contributed by atoms with van der Waals surface area (Å²) in [6.45, 7) is 9.33. The highest BCUT2D eigenvalue weighted by Crippen LogP contribution is 2.26. The van der Waals surface area contributed by atoms with E-state index in [4.69, 9.17) is 16.3 Å². The average Bonchev–Trinajstić information content (AvgIpc) is 2.36. The maximum atomic E-state index is 13.2. The molecular formula is C17H22ClF2NO3. The van der Waals surface area contributed by atoms with E-state index >= 15 is 0 Å². The molecule has 0 radical (unpaired) electrons. The number of rotatable bonds is 5. The monoisotopic (exact) mass is 361 g/mol. The Balaban J connectivity index is 2.65. The van der Waals surface area contributed by atoms with Crippen LogP contribution < -0.4 is 5.32 Å². The molecule has 1 amide bonds. The minimum atomic E-state index is -1.22. The van der Waals surface area contributed by atoms with E-state index in [1.165, 1.54) is 0 Å². The first kappa shape index (κ1) is 20.4. The number of hydrogen-bond acceptors (Lipinski definition) is 3. The molecule has 0 heterocycles. The van der Waals surface area contributed by atoms with Crippen molar-refractivity contribution in [3.8, 4) is 0 Å². The van der Waals surface area contributed by atoms with Crippen molar-refractivity contribution in [3.05, 3.63) is 34.4 Å². The Morgan fingerprint density at radius 1 is 1.12 bits per heavy atom. The molecule has 0 unspecified atom stereocenters. The zero-order valence-corrected chi connectivity index (χ0v) is 15.2. The number of carbonyl (C=O) groups excluding carboxylic acids is 2. The molecule has 0 spiro atoms. The van der Waals surface area contributed by atoms with E-state index in [1.54, 1.807) is 0 Å². The summed E-state index contributed by atoms with van der Waals surface area (Å²) in [6.07, 6.45) is 0.717. The first-order valence-electron chi connectivity index (χ1n) is 7.43. The number of esters is 1. The summed E-state index contributed by atoms with van der Waals surface area (Å²) in [6, 6.07) is 1.32. The van der Waals surface area contributed by atoms with Crippen LogP contribution in [0.15, 0.2) is 12.1 Å². The van der Waals surface area contributed by atoms with Crippen LogP contribution in [-0.4, -0.2) is 24.0 Å². The van der Waals surface area contributed by atoms with Crippen molar-refractivity contribution in [1.82, 2.24) is 5.32 Å². The molecule has 7 heteroatoms. The van der Waals surface area contributed by atoms with Gasteiger partial charge in [0.1, 0.15) is 0 Å². The van der Waals surface area contributed by atoms with E-state index in [0.29, 0.717) is 18.6 Å². The topological polar surface area (TPSA) is 55.4 Å². The molecule has 0 saturated heterocycles. The van der Waals surface area contributed by atoms with E-state index in [9.17, 15) is 18.4 Å². The quantitative estimate of drug-likeness (QED) is 0.634. The molecule has 1 rings (SSSR count). The Hall–Kier alpha value is -1.69. The van der Waals surface area contributed by atoms with Gasteiger partial charge in [-0.15, -0.1) is 0 Å². The number of amides is 1. The third-order valence-corrected chi connectivity index (χ3v) is 3.33. The Morgan fingerprint density at radius 3 is 2.21 bits per heavy atom. The van der Waals surface area contributed by atoms with Gasteiger partial charge in [-0.1, -0.05) is 32.4 Å². The predicted molar refractivity (Wildman–Crippen MR) is 87.9 cm³/mol. The van der Waals surface area contributed by atoms with E-state index < -0.39 is 35.7 Å². The lowest BCUT2D eigenvalue weighted by molar-refractivity contribution is -0.126. The molecule has 1 N–H and O–H groups in total. The molecule has 134 valence electrons. The van der Waals surface area contributed by atoms with Gasteiger partial charge < -0.3 is 10.1 Å². The van der Waals surface area contributed by atoms with Gasteiger partial charge in [0.2, 0.25) is 0 Å². The summed E-state index contributed by atoms with van der Waals surface area (Å²) in [7, 11) is 0. The molecule has 0 fully saturated rings. The lowest BCUT2D eigenvalue weighted by Gasteiger charge is -2.33. The highest BCUT2D eigenvalue weighted by Gasteiger charge is 2.27. The highest BCUT2D eigenvalue weighted by molar-refractivity contribution is 6.33. The Bertz CT molecular complexity index is 639. The largest absolute Gasteiger partial charge is 0.452 e. The van der Waals surface area contributed by atoms with Crippen molar-refractivity contribution < 1.29 is 23.1 Å². The van der Waals surface area contributed by atoms with Gasteiger partial charge in [-0.2, -0.15) is 0 Å². The Labute approximate surface area is 145 Å². The smallest absolute Gasteiger partial charge is 0.340 e. The standard InChI is InChI=1S/C17H22ClF2NO3/c1-16(2,3)9-17(4,5)21-14(22)8-24-15(23)10-6-12(19)13(20)7-11(10)18/h6-7H,8-9H2,1-5H3,(H,21,22). The second kappa shape index (κ2) is 7.47. The van der Waals surface area contributed by atoms with Crippen molar-refractivity contribution in [2.75, 3.05) is 6.61 Å². The number of hydrogen-bond donors (Lipinski definition) is 1. The molecular weight excluding hydrogens is 340 g/mol. The zero-order valence-electron chi connectivity index (χ0n) is 14.4. The van der Waals surface area contributed by atoms with Gasteiger partial charge in [-0.25, -0.2) is 13.6 Å². The van der Waals surface area contributed by atoms with Crippen molar-refractivity contribution in [2.24, 2.45) is 5.41 Å². The fourth-order valence-corrected chi connectivity index (χ4v) is 2.90. The van der Waals surface area contributed by atoms with Crippen molar-refractivity contribution in [1.29, 1.82) is 0 Å². The average molecular weight is 362 g/mol. The fraction of sp³-hybridized carbons (Fsp3) is 0.529. The Morgan fingerprint density at radius 2 is 1.67 bits per heavy atom. The molecule has 1 aromatic carbocycles. The second-order valence-electron chi connectivity index (χ2n) is 7.49. The second-order valence-corrected chi connectivity index (χ2v) is 7.90. The van der Waals surface area contributed by atoms with Crippen molar-refractivity contribution in [3.63, 3.8) is 0 Å². The molecule has 0 atom stereocenters. The molecule has 4 nitrogen and oxygen atoms in total. The summed E-state index contributed by atoms with van der Waals surface area (Å²) in [5.74, 6) is -3.88. The molecule has 0 saturated carbocycles. The van der Waals surface area contributed by atoms with Gasteiger partial charge in [0.15, 0.2) is 18.2 Å². The van der Waals surface area contributed by atoms with E-state index in [2.05, 4.69) is 5.32 Å². The zero-order chi connectivity index (χ0) is 18.7. The predicted octanol–water partition coefficient (Wildman–Crippen LogP) is 4.11. The van der Waals surface area contributed by atoms with Crippen LogP contribution in [0.3, 0.4) is 0 Å². The van der Waals surface area contributed by atoms with Gasteiger partial charge in [0, 0.05) is 5.54 Å². The molecule has 0 aliphatic rings. The first-order chi connectivity index (χ1) is 10.8. The van der Waals surface area contributed by atoms with Crippen LogP contribution in [0, 0.1) is 17.0 Å². The molecule has 0 aromatic heterocycles. The SMILES string of the molecule is CC(C)(C)CC(C)(C)NC(=O)COC(=O)c1cc(F)c(F)cc1Cl. The number of halogens is 3. The number of carbonyl (C=O) groups is 2. The van der Waals surface area contributed by atoms with Gasteiger partial charge in [0.05, 0.1) is 10.6 Å². The summed E-state index contributed by atoms with van der Waals surface area (Å²) >= 11 is 5.68. The minimum absolute atomic E-state index is 0.00657. The van der Waals surface area contributed by atoms with Gasteiger partial charge >= 0.3 is 5.97 Å². The van der Waals surface area contributed by atoms with Crippen LogP contribution in [0.4, 0.5) is 8.78 Å². The fourth-order valence-electron chi connectivity index (χ4n) is 2.67. The van der Waals surface area contributed by atoms with E-state index in [-0.39, 0.29) is 16.0 Å². The molecule has 0 aliphatic heterocycles. The molecule has 0 bridgehead atoms. The lowest BCUT2D eigenvalue weighted by atomic mass is 9.82. The normalized spacial score (nSPS) is 12.0. The maximum Gasteiger partial charge on any atom is 0.340 e. The molecule has 1 aromatic rings. The number of ether oxygens (including phenoxy) is 1. The van der Waals surface area contributed by atoms with Gasteiger partial charge in [0.25, 0.3) is 5.91 Å². The summed E-state index contributed by atoms with van der Waals surface area (Å²) in [5, 5.41) is 2.49. The van der Waals surface area contributed by atoms with Crippen LogP contribution in [-0.2, 0) is 9.53 Å². The highest BCUT2D eigenvalue weighted by atomic mass is 35.5. The van der Waals surface area contributed by atoms with Crippen LogP contribution in [0.25, 0.3) is 0 Å². The Kier molecular flexibility index (Phi) is 6.33. The van der Waals surface area contributed by atoms with Crippen LogP contribution in [0.5, 0.6) is 0 Å². The third kappa shape index (κ3) is 6.43. The van der Waals surface area contributed by atoms with Crippen LogP contribution in [0.1, 0.15) is 51.4 Å². The molecule has 24 heavy (non-hydrogen) atoms. The number of nitrogens with one attached hydrogen (secondary N) is 1. The third-order valence-electron chi connectivity index (χ3n) is 3.01. The van der Waals surface area contributed by atoms with Crippen LogP contribution >= 0.6 is 11.6 Å². The van der Waals surface area contributed by atoms with Crippen molar-refractivity contribution in [2.45, 2.75) is 46.6 Å². The lowest BCUT2D eigenvalue weighted by Crippen LogP contribution is -2.47. The summed E-state index contributed by atoms with van der Waals surface area (Å²) in [5.41, 5.74) is -0.814. The summed E-state index contributed by atoms with van der Waals surface area (Å²) < 4.78 is 31.0. The molecule has 0 aliphatic carbocycles. The number of benzene rings is 1. The van der Waals surface area contributed by atoms with Gasteiger partial charge in [-0.3, -0.25) is 4.79 Å². The first-order valence-corrected chi connectivity index (χ1v) is 7.81. The van der Waals surface area contributed by atoms with Crippen LogP contribution in [0.2, 0.25) is 5.02 Å².